The molecule has 0 radical (unpaired) electrons. The van der Waals surface area contributed by atoms with Gasteiger partial charge in [-0.25, -0.2) is 9.97 Å². The molecule has 1 heterocycles. The van der Waals surface area contributed by atoms with Gasteiger partial charge in [0.25, 0.3) is 5.91 Å². The van der Waals surface area contributed by atoms with Crippen LogP contribution >= 0.6 is 0 Å². The van der Waals surface area contributed by atoms with Crippen molar-refractivity contribution in [2.45, 2.75) is 20.8 Å². The highest BCUT2D eigenvalue weighted by molar-refractivity contribution is 6.05. The number of hydrogen-bond acceptors (Lipinski definition) is 5. The second-order valence-corrected chi connectivity index (χ2v) is 6.33. The smallest absolute Gasteiger partial charge is 0.277 e. The molecule has 0 aliphatic rings. The third kappa shape index (κ3) is 4.40. The number of carbonyl (C=O) groups is 2. The lowest BCUT2D eigenvalue weighted by Crippen LogP contribution is -2.31. The molecule has 3 rings (SSSR count). The van der Waals surface area contributed by atoms with Crippen LogP contribution in [0.3, 0.4) is 0 Å². The fourth-order valence-corrected chi connectivity index (χ4v) is 2.89. The Labute approximate surface area is 164 Å². The summed E-state index contributed by atoms with van der Waals surface area (Å²) < 4.78 is 0. The first-order valence-corrected chi connectivity index (χ1v) is 9.08. The van der Waals surface area contributed by atoms with Gasteiger partial charge in [0.2, 0.25) is 0 Å². The molecule has 28 heavy (non-hydrogen) atoms. The fraction of sp³-hybridized carbons (Fsp3) is 0.182. The Balaban J connectivity index is 1.90. The Kier molecular flexibility index (Phi) is 5.79. The Morgan fingerprint density at radius 2 is 1.75 bits per heavy atom. The van der Waals surface area contributed by atoms with Gasteiger partial charge in [0.15, 0.2) is 5.78 Å². The monoisotopic (exact) mass is 374 g/mol. The zero-order valence-electron chi connectivity index (χ0n) is 16.1. The van der Waals surface area contributed by atoms with Crippen molar-refractivity contribution in [3.05, 3.63) is 77.7 Å². The Morgan fingerprint density at radius 1 is 1.00 bits per heavy atom. The molecular formula is C22H22N4O2. The highest BCUT2D eigenvalue weighted by atomic mass is 16.2. The number of para-hydroxylation sites is 1. The number of nitrogens with one attached hydrogen (secondary N) is 1. The van der Waals surface area contributed by atoms with Gasteiger partial charge in [0.05, 0.1) is 0 Å². The minimum Gasteiger partial charge on any atom is -0.340 e. The maximum atomic E-state index is 13.0. The van der Waals surface area contributed by atoms with Crippen molar-refractivity contribution in [2.75, 3.05) is 16.8 Å². The number of anilines is 3. The van der Waals surface area contributed by atoms with Crippen LogP contribution in [0.4, 0.5) is 17.2 Å². The second-order valence-electron chi connectivity index (χ2n) is 6.33. The minimum absolute atomic E-state index is 0.0140. The molecular weight excluding hydrogens is 352 g/mol. The van der Waals surface area contributed by atoms with Crippen LogP contribution in [0.2, 0.25) is 0 Å². The summed E-state index contributed by atoms with van der Waals surface area (Å²) in [7, 11) is 0. The first-order chi connectivity index (χ1) is 13.5. The van der Waals surface area contributed by atoms with E-state index in [4.69, 9.17) is 0 Å². The van der Waals surface area contributed by atoms with Crippen LogP contribution in [0, 0.1) is 6.92 Å². The van der Waals surface area contributed by atoms with Gasteiger partial charge in [-0.3, -0.25) is 9.59 Å². The average molecular weight is 374 g/mol. The van der Waals surface area contributed by atoms with Gasteiger partial charge in [-0.15, -0.1) is 0 Å². The molecule has 0 aliphatic heterocycles. The van der Waals surface area contributed by atoms with Gasteiger partial charge in [-0.05, 0) is 45.0 Å². The molecule has 6 nitrogen and oxygen atoms in total. The van der Waals surface area contributed by atoms with Crippen LogP contribution < -0.4 is 10.2 Å². The molecule has 142 valence electrons. The number of benzene rings is 2. The standard InChI is InChI=1S/C22H22N4O2/c1-4-26(19-11-6-5-7-12-19)22(28)20-14-21(24-16(3)23-20)25-18-10-8-9-17(13-18)15(2)27/h5-14H,4H2,1-3H3,(H,23,24,25). The zero-order chi connectivity index (χ0) is 20.1. The van der Waals surface area contributed by atoms with E-state index < -0.39 is 0 Å². The lowest BCUT2D eigenvalue weighted by Gasteiger charge is -2.21. The van der Waals surface area contributed by atoms with E-state index in [0.717, 1.165) is 11.4 Å². The van der Waals surface area contributed by atoms with Crippen LogP contribution in [0.1, 0.15) is 40.5 Å². The number of hydrogen-bond donors (Lipinski definition) is 1. The predicted octanol–water partition coefficient (Wildman–Crippen LogP) is 4.40. The lowest BCUT2D eigenvalue weighted by molar-refractivity contribution is 0.0981. The van der Waals surface area contributed by atoms with Crippen molar-refractivity contribution in [3.8, 4) is 0 Å². The van der Waals surface area contributed by atoms with E-state index in [-0.39, 0.29) is 11.7 Å². The van der Waals surface area contributed by atoms with Gasteiger partial charge < -0.3 is 10.2 Å². The highest BCUT2D eigenvalue weighted by Gasteiger charge is 2.19. The average Bonchev–Trinajstić information content (AvgIpc) is 2.69. The number of ketones is 1. The summed E-state index contributed by atoms with van der Waals surface area (Å²) in [4.78, 5) is 35.0. The predicted molar refractivity (Wildman–Crippen MR) is 110 cm³/mol. The van der Waals surface area contributed by atoms with Crippen LogP contribution in [0.25, 0.3) is 0 Å². The van der Waals surface area contributed by atoms with Crippen LogP contribution in [-0.2, 0) is 0 Å². The van der Waals surface area contributed by atoms with Crippen LogP contribution in [0.5, 0.6) is 0 Å². The first-order valence-electron chi connectivity index (χ1n) is 9.08. The highest BCUT2D eigenvalue weighted by Crippen LogP contribution is 2.20. The Bertz CT molecular complexity index is 1000. The number of aromatic nitrogens is 2. The molecule has 0 saturated carbocycles. The molecule has 1 amide bonds. The molecule has 3 aromatic rings. The SMILES string of the molecule is CCN(C(=O)c1cc(Nc2cccc(C(C)=O)c2)nc(C)n1)c1ccccc1. The molecule has 0 bridgehead atoms. The maximum Gasteiger partial charge on any atom is 0.277 e. The van der Waals surface area contributed by atoms with Gasteiger partial charge in [0.1, 0.15) is 17.3 Å². The van der Waals surface area contributed by atoms with E-state index >= 15 is 0 Å². The van der Waals surface area contributed by atoms with E-state index in [1.807, 2.05) is 43.3 Å². The zero-order valence-corrected chi connectivity index (χ0v) is 16.1. The summed E-state index contributed by atoms with van der Waals surface area (Å²) in [5.74, 6) is 0.778. The quantitative estimate of drug-likeness (QED) is 0.647. The summed E-state index contributed by atoms with van der Waals surface area (Å²) in [5, 5.41) is 3.16. The molecule has 1 N–H and O–H groups in total. The van der Waals surface area contributed by atoms with Gasteiger partial charge in [-0.1, -0.05) is 30.3 Å². The summed E-state index contributed by atoms with van der Waals surface area (Å²) in [6.45, 7) is 5.71. The van der Waals surface area contributed by atoms with Gasteiger partial charge >= 0.3 is 0 Å². The van der Waals surface area contributed by atoms with Crippen LogP contribution in [-0.4, -0.2) is 28.2 Å². The molecule has 6 heteroatoms. The number of amides is 1. The minimum atomic E-state index is -0.195. The summed E-state index contributed by atoms with van der Waals surface area (Å²) in [5.41, 5.74) is 2.45. The Hall–Kier alpha value is -3.54. The normalized spacial score (nSPS) is 10.4. The molecule has 0 aliphatic carbocycles. The van der Waals surface area contributed by atoms with E-state index in [9.17, 15) is 9.59 Å². The molecule has 0 atom stereocenters. The van der Waals surface area contributed by atoms with Gasteiger partial charge in [0, 0.05) is 29.5 Å². The van der Waals surface area contributed by atoms with E-state index in [1.54, 1.807) is 36.1 Å². The molecule has 0 fully saturated rings. The van der Waals surface area contributed by atoms with E-state index in [1.165, 1.54) is 6.92 Å². The van der Waals surface area contributed by atoms with Crippen molar-refractivity contribution in [1.82, 2.24) is 9.97 Å². The lowest BCUT2D eigenvalue weighted by atomic mass is 10.1. The molecule has 0 unspecified atom stereocenters. The van der Waals surface area contributed by atoms with Crippen molar-refractivity contribution in [2.24, 2.45) is 0 Å². The molecule has 0 saturated heterocycles. The van der Waals surface area contributed by atoms with Crippen molar-refractivity contribution < 1.29 is 9.59 Å². The number of carbonyl (C=O) groups excluding carboxylic acids is 2. The molecule has 2 aromatic carbocycles. The summed E-state index contributed by atoms with van der Waals surface area (Å²) in [6.07, 6.45) is 0. The maximum absolute atomic E-state index is 13.0. The van der Waals surface area contributed by atoms with Crippen LogP contribution in [0.15, 0.2) is 60.7 Å². The first kappa shape index (κ1) is 19.2. The van der Waals surface area contributed by atoms with Crippen molar-refractivity contribution >= 4 is 28.9 Å². The topological polar surface area (TPSA) is 75.2 Å². The van der Waals surface area contributed by atoms with Crippen molar-refractivity contribution in [3.63, 3.8) is 0 Å². The molecule has 1 aromatic heterocycles. The summed E-state index contributed by atoms with van der Waals surface area (Å²) >= 11 is 0. The Morgan fingerprint density at radius 3 is 2.43 bits per heavy atom. The second kappa shape index (κ2) is 8.43. The van der Waals surface area contributed by atoms with Crippen molar-refractivity contribution in [1.29, 1.82) is 0 Å². The molecule has 0 spiro atoms. The number of rotatable bonds is 6. The van der Waals surface area contributed by atoms with E-state index in [0.29, 0.717) is 29.4 Å². The number of Topliss-reactive ketones (excluding diaryl/α,β-unsaturated/α-hetero) is 1. The number of aryl methyl sites for hydroxylation is 1. The fourth-order valence-electron chi connectivity index (χ4n) is 2.89. The third-order valence-electron chi connectivity index (χ3n) is 4.23. The third-order valence-corrected chi connectivity index (χ3v) is 4.23. The largest absolute Gasteiger partial charge is 0.340 e. The van der Waals surface area contributed by atoms with E-state index in [2.05, 4.69) is 15.3 Å². The van der Waals surface area contributed by atoms with Gasteiger partial charge in [-0.2, -0.15) is 0 Å². The summed E-state index contributed by atoms with van der Waals surface area (Å²) in [6, 6.07) is 18.3. The number of nitrogens with zero attached hydrogens (tertiary/aromatic N) is 3.